The van der Waals surface area contributed by atoms with Crippen LogP contribution in [0.1, 0.15) is 64.7 Å². The predicted octanol–water partition coefficient (Wildman–Crippen LogP) is 5.98. The van der Waals surface area contributed by atoms with E-state index in [1.807, 2.05) is 0 Å². The lowest BCUT2D eigenvalue weighted by atomic mass is 9.96. The van der Waals surface area contributed by atoms with Gasteiger partial charge in [-0.3, -0.25) is 4.79 Å². The molecule has 0 radical (unpaired) electrons. The van der Waals surface area contributed by atoms with Gasteiger partial charge in [-0.25, -0.2) is 0 Å². The average Bonchev–Trinajstić information content (AvgIpc) is 2.33. The lowest BCUT2D eigenvalue weighted by Crippen LogP contribution is -2.37. The number of carbonyl (C=O) groups excluding carboxylic acids is 1. The van der Waals surface area contributed by atoms with Crippen molar-refractivity contribution in [1.29, 1.82) is 0 Å². The SMILES string of the molecule is CC1C/C=C\CCCCCCCCC(=O)C1[Si](C)(C)C. The van der Waals surface area contributed by atoms with Gasteiger partial charge in [0, 0.05) is 12.0 Å². The van der Waals surface area contributed by atoms with Crippen molar-refractivity contribution in [2.45, 2.75) is 89.9 Å². The van der Waals surface area contributed by atoms with Crippen molar-refractivity contribution in [2.75, 3.05) is 0 Å². The number of ketones is 1. The Kier molecular flexibility index (Phi) is 7.79. The van der Waals surface area contributed by atoms with Gasteiger partial charge in [-0.05, 0) is 31.6 Å². The predicted molar refractivity (Wildman–Crippen MR) is 92.0 cm³/mol. The van der Waals surface area contributed by atoms with E-state index in [4.69, 9.17) is 0 Å². The number of hydrogen-bond donors (Lipinski definition) is 0. The van der Waals surface area contributed by atoms with E-state index in [2.05, 4.69) is 38.7 Å². The lowest BCUT2D eigenvalue weighted by Gasteiger charge is -2.32. The highest BCUT2D eigenvalue weighted by Crippen LogP contribution is 2.35. The summed E-state index contributed by atoms with van der Waals surface area (Å²) >= 11 is 0. The highest BCUT2D eigenvalue weighted by atomic mass is 28.3. The number of rotatable bonds is 1. The molecule has 0 spiro atoms. The fourth-order valence-electron chi connectivity index (χ4n) is 3.64. The second-order valence-corrected chi connectivity index (χ2v) is 13.0. The van der Waals surface area contributed by atoms with Gasteiger partial charge in [0.25, 0.3) is 0 Å². The monoisotopic (exact) mass is 294 g/mol. The van der Waals surface area contributed by atoms with E-state index in [1.165, 1.54) is 38.5 Å². The number of hydrogen-bond acceptors (Lipinski definition) is 1. The Morgan fingerprint density at radius 1 is 0.950 bits per heavy atom. The Morgan fingerprint density at radius 3 is 2.20 bits per heavy atom. The van der Waals surface area contributed by atoms with Gasteiger partial charge in [-0.15, -0.1) is 0 Å². The van der Waals surface area contributed by atoms with Gasteiger partial charge in [-0.1, -0.05) is 64.4 Å². The second-order valence-electron chi connectivity index (χ2n) is 7.65. The standard InChI is InChI=1S/C18H34OSi/c1-16-14-12-10-8-6-5-7-9-11-13-15-17(19)18(16)20(2,3)4/h10,12,16,18H,5-9,11,13-15H2,1-4H3/b12-10-. The molecule has 0 fully saturated rings. The van der Waals surface area contributed by atoms with Crippen LogP contribution >= 0.6 is 0 Å². The smallest absolute Gasteiger partial charge is 0.133 e. The quantitative estimate of drug-likeness (QED) is 0.429. The summed E-state index contributed by atoms with van der Waals surface area (Å²) in [4.78, 5) is 12.7. The zero-order valence-corrected chi connectivity index (χ0v) is 15.1. The van der Waals surface area contributed by atoms with E-state index in [9.17, 15) is 4.79 Å². The number of carbonyl (C=O) groups is 1. The Labute approximate surface area is 127 Å². The fourth-order valence-corrected chi connectivity index (χ4v) is 6.60. The van der Waals surface area contributed by atoms with Crippen molar-refractivity contribution in [2.24, 2.45) is 5.92 Å². The molecule has 0 aromatic carbocycles. The molecule has 0 amide bonds. The summed E-state index contributed by atoms with van der Waals surface area (Å²) in [7, 11) is -1.41. The minimum Gasteiger partial charge on any atom is -0.300 e. The van der Waals surface area contributed by atoms with E-state index in [0.717, 1.165) is 19.3 Å². The van der Waals surface area contributed by atoms with Crippen molar-refractivity contribution in [1.82, 2.24) is 0 Å². The van der Waals surface area contributed by atoms with Gasteiger partial charge in [0.15, 0.2) is 0 Å². The molecular formula is C18H34OSi. The summed E-state index contributed by atoms with van der Waals surface area (Å²) in [5, 5.41) is 0. The molecule has 0 aliphatic heterocycles. The number of Topliss-reactive ketones (excluding diaryl/α,β-unsaturated/α-hetero) is 1. The van der Waals surface area contributed by atoms with E-state index in [1.54, 1.807) is 0 Å². The molecule has 1 nitrogen and oxygen atoms in total. The molecule has 0 saturated carbocycles. The van der Waals surface area contributed by atoms with Crippen LogP contribution in [-0.2, 0) is 4.79 Å². The van der Waals surface area contributed by atoms with E-state index in [0.29, 0.717) is 17.2 Å². The van der Waals surface area contributed by atoms with Crippen molar-refractivity contribution >= 4 is 13.9 Å². The van der Waals surface area contributed by atoms with Crippen LogP contribution in [0.25, 0.3) is 0 Å². The first-order chi connectivity index (χ1) is 9.43. The minimum atomic E-state index is -1.41. The summed E-state index contributed by atoms with van der Waals surface area (Å²) < 4.78 is 0. The molecule has 1 rings (SSSR count). The first-order valence-electron chi connectivity index (χ1n) is 8.60. The van der Waals surface area contributed by atoms with Gasteiger partial charge in [0.05, 0.1) is 8.07 Å². The maximum atomic E-state index is 12.7. The maximum absolute atomic E-state index is 12.7. The zero-order chi connectivity index (χ0) is 15.0. The highest BCUT2D eigenvalue weighted by Gasteiger charge is 2.35. The summed E-state index contributed by atoms with van der Waals surface area (Å²) in [6.45, 7) is 9.37. The van der Waals surface area contributed by atoms with E-state index >= 15 is 0 Å². The van der Waals surface area contributed by atoms with Gasteiger partial charge in [-0.2, -0.15) is 0 Å². The Hall–Kier alpha value is -0.373. The van der Waals surface area contributed by atoms with E-state index < -0.39 is 8.07 Å². The zero-order valence-electron chi connectivity index (χ0n) is 14.1. The Bertz CT molecular complexity index is 314. The van der Waals surface area contributed by atoms with Gasteiger partial charge in [0.2, 0.25) is 0 Å². The molecule has 116 valence electrons. The molecule has 1 aliphatic rings. The summed E-state index contributed by atoms with van der Waals surface area (Å²) in [6, 6.07) is 0. The molecule has 0 heterocycles. The third-order valence-corrected chi connectivity index (χ3v) is 7.32. The molecular weight excluding hydrogens is 260 g/mol. The average molecular weight is 295 g/mol. The van der Waals surface area contributed by atoms with Crippen molar-refractivity contribution in [3.05, 3.63) is 12.2 Å². The van der Waals surface area contributed by atoms with Crippen molar-refractivity contribution < 1.29 is 4.79 Å². The lowest BCUT2D eigenvalue weighted by molar-refractivity contribution is -0.120. The third kappa shape index (κ3) is 6.38. The summed E-state index contributed by atoms with van der Waals surface area (Å²) in [5.41, 5.74) is 0.343. The molecule has 0 saturated heterocycles. The molecule has 2 unspecified atom stereocenters. The third-order valence-electron chi connectivity index (χ3n) is 4.57. The Balaban J connectivity index is 2.73. The molecule has 0 aromatic heterocycles. The summed E-state index contributed by atoms with van der Waals surface area (Å²) in [6.07, 6.45) is 15.5. The topological polar surface area (TPSA) is 17.1 Å². The van der Waals surface area contributed by atoms with Crippen LogP contribution in [0.15, 0.2) is 12.2 Å². The van der Waals surface area contributed by atoms with Crippen molar-refractivity contribution in [3.8, 4) is 0 Å². The van der Waals surface area contributed by atoms with Crippen molar-refractivity contribution in [3.63, 3.8) is 0 Å². The minimum absolute atomic E-state index is 0.343. The Morgan fingerprint density at radius 2 is 1.55 bits per heavy atom. The maximum Gasteiger partial charge on any atom is 0.133 e. The molecule has 1 aliphatic carbocycles. The van der Waals surface area contributed by atoms with Gasteiger partial charge in [0.1, 0.15) is 5.78 Å². The van der Waals surface area contributed by atoms with Crippen LogP contribution in [-0.4, -0.2) is 13.9 Å². The molecule has 0 bridgehead atoms. The number of allylic oxidation sites excluding steroid dienone is 2. The first kappa shape index (κ1) is 17.7. The van der Waals surface area contributed by atoms with Crippen LogP contribution in [0.5, 0.6) is 0 Å². The van der Waals surface area contributed by atoms with Crippen LogP contribution in [0.4, 0.5) is 0 Å². The molecule has 20 heavy (non-hydrogen) atoms. The van der Waals surface area contributed by atoms with Crippen LogP contribution in [0, 0.1) is 5.92 Å². The van der Waals surface area contributed by atoms with Crippen LogP contribution in [0.3, 0.4) is 0 Å². The van der Waals surface area contributed by atoms with Gasteiger partial charge >= 0.3 is 0 Å². The van der Waals surface area contributed by atoms with E-state index in [-0.39, 0.29) is 0 Å². The summed E-state index contributed by atoms with van der Waals surface area (Å²) in [5.74, 6) is 1.08. The second kappa shape index (κ2) is 8.81. The molecule has 0 N–H and O–H groups in total. The van der Waals surface area contributed by atoms with Gasteiger partial charge < -0.3 is 0 Å². The first-order valence-corrected chi connectivity index (χ1v) is 12.2. The normalized spacial score (nSPS) is 29.7. The largest absolute Gasteiger partial charge is 0.300 e. The molecule has 2 heteroatoms. The fraction of sp³-hybridized carbons (Fsp3) is 0.833. The molecule has 2 atom stereocenters. The highest BCUT2D eigenvalue weighted by molar-refractivity contribution is 6.80. The molecule has 0 aromatic rings. The van der Waals surface area contributed by atoms with Crippen LogP contribution < -0.4 is 0 Å². The van der Waals surface area contributed by atoms with Crippen LogP contribution in [0.2, 0.25) is 25.2 Å².